The number of halogens is 2. The molecule has 0 aliphatic rings. The van der Waals surface area contributed by atoms with Gasteiger partial charge in [-0.2, -0.15) is 0 Å². The molecule has 0 bridgehead atoms. The van der Waals surface area contributed by atoms with Gasteiger partial charge in [-0.05, 0) is 43.5 Å². The fraction of sp³-hybridized carbons (Fsp3) is 0.333. The van der Waals surface area contributed by atoms with Crippen LogP contribution in [-0.4, -0.2) is 40.4 Å². The van der Waals surface area contributed by atoms with Crippen LogP contribution in [0.5, 0.6) is 0 Å². The Balaban J connectivity index is 1.62. The van der Waals surface area contributed by atoms with Gasteiger partial charge in [-0.3, -0.25) is 4.79 Å². The predicted molar refractivity (Wildman–Crippen MR) is 128 cm³/mol. The lowest BCUT2D eigenvalue weighted by atomic mass is 10.0. The topological polar surface area (TPSA) is 74.2 Å². The van der Waals surface area contributed by atoms with E-state index >= 15 is 0 Å². The quantitative estimate of drug-likeness (QED) is 0.354. The molecule has 5 nitrogen and oxygen atoms in total. The molecule has 0 aliphatic heterocycles. The van der Waals surface area contributed by atoms with Gasteiger partial charge in [0, 0.05) is 30.2 Å². The molecule has 0 saturated heterocycles. The highest BCUT2D eigenvalue weighted by atomic mass is 32.2. The van der Waals surface area contributed by atoms with E-state index in [1.807, 2.05) is 43.5 Å². The summed E-state index contributed by atoms with van der Waals surface area (Å²) in [5, 5.41) is 18.7. The van der Waals surface area contributed by atoms with E-state index in [1.165, 1.54) is 35.2 Å². The minimum atomic E-state index is -0.961. The van der Waals surface area contributed by atoms with Gasteiger partial charge in [-0.25, -0.2) is 13.8 Å². The number of aliphatic hydroxyl groups excluding tert-OH is 1. The zero-order valence-corrected chi connectivity index (χ0v) is 20.1. The standard InChI is InChI=1S/C24H27F2N3O2S2/c1-15-4-3-5-17(6-15)11-27-12-22(30)21(9-18-7-19(25)10-20(26)8-18)29-23(31)14-33-24-28-16(2)13-32-24/h3-8,10,13,21-22,27,30H,9,11-12,14H2,1-2H3,(H,29,31)/t21-,22+/m0/s1. The third kappa shape index (κ3) is 8.51. The zero-order chi connectivity index (χ0) is 23.8. The Hall–Kier alpha value is -2.33. The maximum Gasteiger partial charge on any atom is 0.230 e. The number of nitrogens with one attached hydrogen (secondary N) is 2. The van der Waals surface area contributed by atoms with Crippen LogP contribution in [0.15, 0.2) is 52.2 Å². The van der Waals surface area contributed by atoms with Crippen molar-refractivity contribution in [3.05, 3.63) is 81.9 Å². The highest BCUT2D eigenvalue weighted by molar-refractivity contribution is 8.01. The van der Waals surface area contributed by atoms with Crippen molar-refractivity contribution in [1.29, 1.82) is 0 Å². The van der Waals surface area contributed by atoms with Crippen LogP contribution in [0.3, 0.4) is 0 Å². The van der Waals surface area contributed by atoms with E-state index in [2.05, 4.69) is 15.6 Å². The summed E-state index contributed by atoms with van der Waals surface area (Å²) in [6, 6.07) is 10.5. The Morgan fingerprint density at radius 2 is 1.91 bits per heavy atom. The summed E-state index contributed by atoms with van der Waals surface area (Å²) in [6.07, 6.45) is -0.869. The lowest BCUT2D eigenvalue weighted by molar-refractivity contribution is -0.120. The molecule has 0 radical (unpaired) electrons. The number of aromatic nitrogens is 1. The second-order valence-corrected chi connectivity index (χ2v) is 9.97. The summed E-state index contributed by atoms with van der Waals surface area (Å²) in [5.41, 5.74) is 3.47. The highest BCUT2D eigenvalue weighted by Crippen LogP contribution is 2.22. The van der Waals surface area contributed by atoms with Crippen molar-refractivity contribution in [2.45, 2.75) is 43.3 Å². The van der Waals surface area contributed by atoms with Crippen LogP contribution in [0.2, 0.25) is 0 Å². The van der Waals surface area contributed by atoms with E-state index in [0.717, 1.165) is 27.2 Å². The molecule has 0 fully saturated rings. The lowest BCUT2D eigenvalue weighted by Gasteiger charge is -2.25. The molecule has 176 valence electrons. The number of nitrogens with zero attached hydrogens (tertiary/aromatic N) is 1. The molecular formula is C24H27F2N3O2S2. The van der Waals surface area contributed by atoms with Crippen LogP contribution in [-0.2, 0) is 17.8 Å². The molecule has 9 heteroatoms. The summed E-state index contributed by atoms with van der Waals surface area (Å²) in [7, 11) is 0. The SMILES string of the molecule is Cc1cccc(CNC[C@@H](O)[C@H](Cc2cc(F)cc(F)c2)NC(=O)CSc2nc(C)cs2)c1. The predicted octanol–water partition coefficient (Wildman–Crippen LogP) is 4.01. The van der Waals surface area contributed by atoms with Gasteiger partial charge in [0.2, 0.25) is 5.91 Å². The molecule has 33 heavy (non-hydrogen) atoms. The minimum absolute atomic E-state index is 0.0920. The van der Waals surface area contributed by atoms with Gasteiger partial charge < -0.3 is 15.7 Å². The van der Waals surface area contributed by atoms with Crippen LogP contribution in [0, 0.1) is 25.5 Å². The van der Waals surface area contributed by atoms with Crippen molar-refractivity contribution in [1.82, 2.24) is 15.6 Å². The number of thiazole rings is 1. The van der Waals surface area contributed by atoms with Gasteiger partial charge in [-0.1, -0.05) is 41.6 Å². The Morgan fingerprint density at radius 1 is 1.15 bits per heavy atom. The summed E-state index contributed by atoms with van der Waals surface area (Å²) in [5.74, 6) is -1.55. The summed E-state index contributed by atoms with van der Waals surface area (Å²) < 4.78 is 28.1. The van der Waals surface area contributed by atoms with Crippen molar-refractivity contribution in [2.75, 3.05) is 12.3 Å². The minimum Gasteiger partial charge on any atom is -0.390 e. The van der Waals surface area contributed by atoms with Gasteiger partial charge in [0.1, 0.15) is 11.6 Å². The maximum atomic E-state index is 13.7. The van der Waals surface area contributed by atoms with E-state index in [0.29, 0.717) is 12.1 Å². The van der Waals surface area contributed by atoms with Crippen LogP contribution in [0.4, 0.5) is 8.78 Å². The molecule has 2 aromatic carbocycles. The molecule has 1 heterocycles. The normalized spacial score (nSPS) is 13.0. The second-order valence-electron chi connectivity index (χ2n) is 7.89. The molecule has 3 rings (SSSR count). The molecule has 3 aromatic rings. The number of hydrogen-bond donors (Lipinski definition) is 3. The van der Waals surface area contributed by atoms with Crippen LogP contribution >= 0.6 is 23.1 Å². The van der Waals surface area contributed by atoms with Gasteiger partial charge >= 0.3 is 0 Å². The largest absolute Gasteiger partial charge is 0.390 e. The number of aliphatic hydroxyl groups is 1. The third-order valence-electron chi connectivity index (χ3n) is 4.88. The molecule has 2 atom stereocenters. The summed E-state index contributed by atoms with van der Waals surface area (Å²) in [6.45, 7) is 4.64. The molecule has 1 amide bonds. The smallest absolute Gasteiger partial charge is 0.230 e. The van der Waals surface area contributed by atoms with Gasteiger partial charge in [-0.15, -0.1) is 11.3 Å². The molecule has 1 aromatic heterocycles. The summed E-state index contributed by atoms with van der Waals surface area (Å²) >= 11 is 2.77. The number of benzene rings is 2. The molecule has 0 spiro atoms. The zero-order valence-electron chi connectivity index (χ0n) is 18.5. The Morgan fingerprint density at radius 3 is 2.58 bits per heavy atom. The Kier molecular flexibility index (Phi) is 9.37. The second kappa shape index (κ2) is 12.2. The number of carbonyl (C=O) groups is 1. The Bertz CT molecular complexity index is 1060. The highest BCUT2D eigenvalue weighted by Gasteiger charge is 2.22. The van der Waals surface area contributed by atoms with Crippen LogP contribution in [0.25, 0.3) is 0 Å². The van der Waals surface area contributed by atoms with Crippen molar-refractivity contribution in [2.24, 2.45) is 0 Å². The summed E-state index contributed by atoms with van der Waals surface area (Å²) in [4.78, 5) is 16.9. The van der Waals surface area contributed by atoms with Gasteiger partial charge in [0.05, 0.1) is 17.9 Å². The fourth-order valence-corrected chi connectivity index (χ4v) is 5.03. The Labute approximate surface area is 200 Å². The average molecular weight is 492 g/mol. The number of aryl methyl sites for hydroxylation is 2. The first-order valence-corrected chi connectivity index (χ1v) is 12.4. The van der Waals surface area contributed by atoms with Crippen molar-refractivity contribution >= 4 is 29.0 Å². The lowest BCUT2D eigenvalue weighted by Crippen LogP contribution is -2.49. The van der Waals surface area contributed by atoms with Gasteiger partial charge in [0.25, 0.3) is 0 Å². The van der Waals surface area contributed by atoms with E-state index < -0.39 is 23.8 Å². The molecule has 0 unspecified atom stereocenters. The van der Waals surface area contributed by atoms with Crippen molar-refractivity contribution in [3.63, 3.8) is 0 Å². The number of carbonyl (C=O) groups excluding carboxylic acids is 1. The molecule has 3 N–H and O–H groups in total. The molecular weight excluding hydrogens is 464 g/mol. The first kappa shape index (κ1) is 25.3. The van der Waals surface area contributed by atoms with E-state index in [1.54, 1.807) is 0 Å². The van der Waals surface area contributed by atoms with Crippen molar-refractivity contribution < 1.29 is 18.7 Å². The monoisotopic (exact) mass is 491 g/mol. The number of amides is 1. The molecule has 0 saturated carbocycles. The first-order valence-electron chi connectivity index (χ1n) is 10.5. The van der Waals surface area contributed by atoms with E-state index in [4.69, 9.17) is 0 Å². The van der Waals surface area contributed by atoms with Crippen LogP contribution < -0.4 is 10.6 Å². The van der Waals surface area contributed by atoms with E-state index in [9.17, 15) is 18.7 Å². The van der Waals surface area contributed by atoms with Crippen LogP contribution in [0.1, 0.15) is 22.4 Å². The maximum absolute atomic E-state index is 13.7. The molecule has 0 aliphatic carbocycles. The number of thioether (sulfide) groups is 1. The first-order chi connectivity index (χ1) is 15.8. The van der Waals surface area contributed by atoms with Gasteiger partial charge in [0.15, 0.2) is 4.34 Å². The van der Waals surface area contributed by atoms with E-state index in [-0.39, 0.29) is 24.6 Å². The number of hydrogen-bond acceptors (Lipinski definition) is 6. The third-order valence-corrected chi connectivity index (χ3v) is 7.02. The average Bonchev–Trinajstić information content (AvgIpc) is 3.16. The van der Waals surface area contributed by atoms with Crippen molar-refractivity contribution in [3.8, 4) is 0 Å². The number of rotatable bonds is 11. The fourth-order valence-electron chi connectivity index (χ4n) is 3.37.